The number of hydrogen-bond donors (Lipinski definition) is 2. The zero-order valence-electron chi connectivity index (χ0n) is 9.78. The standard InChI is InChI=1S/C11H14N2O4S/c1-18(16,17)7-4-10(13-11(14)15)8-9-2-5-12-6-3-9/h2-7,10,13H,8H2,1H3,(H,14,15)/b7-4+. The minimum Gasteiger partial charge on any atom is -0.465 e. The Bertz CT molecular complexity index is 525. The van der Waals surface area contributed by atoms with Gasteiger partial charge in [0, 0.05) is 24.1 Å². The Labute approximate surface area is 105 Å². The maximum absolute atomic E-state index is 11.0. The van der Waals surface area contributed by atoms with Gasteiger partial charge in [-0.05, 0) is 24.1 Å². The number of pyridine rings is 1. The van der Waals surface area contributed by atoms with Crippen LogP contribution in [-0.4, -0.2) is 36.9 Å². The molecule has 0 radical (unpaired) electrons. The van der Waals surface area contributed by atoms with E-state index in [9.17, 15) is 13.2 Å². The van der Waals surface area contributed by atoms with Crippen molar-refractivity contribution in [3.63, 3.8) is 0 Å². The first kappa shape index (κ1) is 14.2. The van der Waals surface area contributed by atoms with Gasteiger partial charge in [-0.1, -0.05) is 6.08 Å². The second kappa shape index (κ2) is 6.15. The van der Waals surface area contributed by atoms with Gasteiger partial charge in [-0.3, -0.25) is 4.98 Å². The number of aromatic nitrogens is 1. The van der Waals surface area contributed by atoms with E-state index >= 15 is 0 Å². The summed E-state index contributed by atoms with van der Waals surface area (Å²) >= 11 is 0. The number of sulfone groups is 1. The van der Waals surface area contributed by atoms with Crippen molar-refractivity contribution in [2.75, 3.05) is 6.26 Å². The highest BCUT2D eigenvalue weighted by molar-refractivity contribution is 7.93. The summed E-state index contributed by atoms with van der Waals surface area (Å²) in [4.78, 5) is 14.5. The van der Waals surface area contributed by atoms with Crippen LogP contribution in [0.15, 0.2) is 36.0 Å². The molecule has 0 aliphatic heterocycles. The number of carbonyl (C=O) groups is 1. The maximum Gasteiger partial charge on any atom is 0.405 e. The fourth-order valence-corrected chi connectivity index (χ4v) is 1.81. The first-order valence-corrected chi connectivity index (χ1v) is 7.09. The van der Waals surface area contributed by atoms with Crippen LogP contribution in [0.3, 0.4) is 0 Å². The molecule has 0 saturated carbocycles. The Hall–Kier alpha value is -1.89. The number of nitrogens with zero attached hydrogens (tertiary/aromatic N) is 1. The molecule has 1 amide bonds. The largest absolute Gasteiger partial charge is 0.465 e. The van der Waals surface area contributed by atoms with Crippen LogP contribution in [-0.2, 0) is 16.3 Å². The number of carboxylic acid groups (broad SMARTS) is 1. The van der Waals surface area contributed by atoms with E-state index in [4.69, 9.17) is 5.11 Å². The monoisotopic (exact) mass is 270 g/mol. The lowest BCUT2D eigenvalue weighted by Crippen LogP contribution is -2.33. The molecule has 1 aromatic rings. The SMILES string of the molecule is CS(=O)(=O)/C=C/C(Cc1ccncc1)NC(=O)O. The molecule has 0 saturated heterocycles. The Morgan fingerprint density at radius 1 is 1.50 bits per heavy atom. The van der Waals surface area contributed by atoms with E-state index in [-0.39, 0.29) is 0 Å². The number of nitrogens with one attached hydrogen (secondary N) is 1. The minimum absolute atomic E-state index is 0.362. The summed E-state index contributed by atoms with van der Waals surface area (Å²) in [5.41, 5.74) is 0.863. The normalized spacial score (nSPS) is 13.4. The lowest BCUT2D eigenvalue weighted by Gasteiger charge is -2.12. The Morgan fingerprint density at radius 2 is 2.11 bits per heavy atom. The summed E-state index contributed by atoms with van der Waals surface area (Å²) in [6.45, 7) is 0. The third kappa shape index (κ3) is 6.00. The van der Waals surface area contributed by atoms with Gasteiger partial charge in [0.25, 0.3) is 0 Å². The van der Waals surface area contributed by atoms with E-state index in [1.807, 2.05) is 0 Å². The molecule has 1 unspecified atom stereocenters. The van der Waals surface area contributed by atoms with Gasteiger partial charge in [0.1, 0.15) is 0 Å². The van der Waals surface area contributed by atoms with Crippen molar-refractivity contribution < 1.29 is 18.3 Å². The van der Waals surface area contributed by atoms with Crippen LogP contribution in [0.2, 0.25) is 0 Å². The topological polar surface area (TPSA) is 96.4 Å². The molecule has 18 heavy (non-hydrogen) atoms. The van der Waals surface area contributed by atoms with E-state index in [1.165, 1.54) is 6.08 Å². The Morgan fingerprint density at radius 3 is 2.61 bits per heavy atom. The zero-order valence-corrected chi connectivity index (χ0v) is 10.6. The minimum atomic E-state index is -3.27. The number of rotatable bonds is 5. The molecule has 0 aromatic carbocycles. The highest BCUT2D eigenvalue weighted by atomic mass is 32.2. The summed E-state index contributed by atoms with van der Waals surface area (Å²) in [7, 11) is -3.27. The average molecular weight is 270 g/mol. The molecular formula is C11H14N2O4S. The molecule has 7 heteroatoms. The Balaban J connectivity index is 2.79. The molecule has 1 atom stereocenters. The highest BCUT2D eigenvalue weighted by Gasteiger charge is 2.09. The van der Waals surface area contributed by atoms with Crippen molar-refractivity contribution in [1.29, 1.82) is 0 Å². The lowest BCUT2D eigenvalue weighted by molar-refractivity contribution is 0.192. The summed E-state index contributed by atoms with van der Waals surface area (Å²) in [5, 5.41) is 11.9. The third-order valence-corrected chi connectivity index (χ3v) is 2.72. The van der Waals surface area contributed by atoms with Crippen molar-refractivity contribution in [3.8, 4) is 0 Å². The quantitative estimate of drug-likeness (QED) is 0.825. The van der Waals surface area contributed by atoms with E-state index in [1.54, 1.807) is 24.5 Å². The lowest BCUT2D eigenvalue weighted by atomic mass is 10.1. The van der Waals surface area contributed by atoms with Crippen LogP contribution in [0, 0.1) is 0 Å². The van der Waals surface area contributed by atoms with Crippen LogP contribution in [0.5, 0.6) is 0 Å². The van der Waals surface area contributed by atoms with Gasteiger partial charge in [-0.15, -0.1) is 0 Å². The molecule has 0 bridgehead atoms. The van der Waals surface area contributed by atoms with E-state index in [0.717, 1.165) is 17.2 Å². The van der Waals surface area contributed by atoms with Crippen molar-refractivity contribution in [2.24, 2.45) is 0 Å². The number of amides is 1. The van der Waals surface area contributed by atoms with Crippen LogP contribution >= 0.6 is 0 Å². The van der Waals surface area contributed by atoms with Crippen LogP contribution in [0.25, 0.3) is 0 Å². The van der Waals surface area contributed by atoms with E-state index in [2.05, 4.69) is 10.3 Å². The molecule has 2 N–H and O–H groups in total. The molecule has 0 aliphatic carbocycles. The maximum atomic E-state index is 11.0. The average Bonchev–Trinajstić information content (AvgIpc) is 2.25. The third-order valence-electron chi connectivity index (χ3n) is 2.07. The molecule has 1 aromatic heterocycles. The second-order valence-corrected chi connectivity index (χ2v) is 5.70. The van der Waals surface area contributed by atoms with Crippen molar-refractivity contribution in [2.45, 2.75) is 12.5 Å². The van der Waals surface area contributed by atoms with Gasteiger partial charge >= 0.3 is 6.09 Å². The Kier molecular flexibility index (Phi) is 4.85. The molecule has 6 nitrogen and oxygen atoms in total. The summed E-state index contributed by atoms with van der Waals surface area (Å²) in [6.07, 6.45) is 4.71. The van der Waals surface area contributed by atoms with Gasteiger partial charge in [-0.2, -0.15) is 0 Å². The van der Waals surface area contributed by atoms with E-state index < -0.39 is 22.0 Å². The van der Waals surface area contributed by atoms with Gasteiger partial charge in [-0.25, -0.2) is 13.2 Å². The molecule has 0 fully saturated rings. The van der Waals surface area contributed by atoms with E-state index in [0.29, 0.717) is 6.42 Å². The predicted octanol–water partition coefficient (Wildman–Crippen LogP) is 0.819. The van der Waals surface area contributed by atoms with Crippen LogP contribution < -0.4 is 5.32 Å². The van der Waals surface area contributed by atoms with Gasteiger partial charge in [0.15, 0.2) is 9.84 Å². The molecular weight excluding hydrogens is 256 g/mol. The molecule has 0 aliphatic rings. The predicted molar refractivity (Wildman–Crippen MR) is 66.9 cm³/mol. The fraction of sp³-hybridized carbons (Fsp3) is 0.273. The molecule has 1 rings (SSSR count). The van der Waals surface area contributed by atoms with Crippen LogP contribution in [0.1, 0.15) is 5.56 Å². The summed E-state index contributed by atoms with van der Waals surface area (Å²) in [6, 6.07) is 2.88. The first-order chi connectivity index (χ1) is 8.37. The molecule has 1 heterocycles. The van der Waals surface area contributed by atoms with Crippen molar-refractivity contribution >= 4 is 15.9 Å². The second-order valence-electron chi connectivity index (χ2n) is 3.77. The van der Waals surface area contributed by atoms with Gasteiger partial charge < -0.3 is 10.4 Å². The first-order valence-electron chi connectivity index (χ1n) is 5.13. The van der Waals surface area contributed by atoms with Crippen molar-refractivity contribution in [3.05, 3.63) is 41.6 Å². The fourth-order valence-electron chi connectivity index (χ4n) is 1.34. The van der Waals surface area contributed by atoms with Gasteiger partial charge in [0.2, 0.25) is 0 Å². The van der Waals surface area contributed by atoms with Gasteiger partial charge in [0.05, 0.1) is 6.04 Å². The molecule has 98 valence electrons. The number of hydrogen-bond acceptors (Lipinski definition) is 4. The summed E-state index contributed by atoms with van der Waals surface area (Å²) < 4.78 is 22.0. The zero-order chi connectivity index (χ0) is 13.6. The summed E-state index contributed by atoms with van der Waals surface area (Å²) in [5.74, 6) is 0. The van der Waals surface area contributed by atoms with Crippen molar-refractivity contribution in [1.82, 2.24) is 10.3 Å². The smallest absolute Gasteiger partial charge is 0.405 e. The highest BCUT2D eigenvalue weighted by Crippen LogP contribution is 2.04. The van der Waals surface area contributed by atoms with Crippen LogP contribution in [0.4, 0.5) is 4.79 Å². The molecule has 0 spiro atoms.